The monoisotopic (exact) mass is 295 g/mol. The molecule has 0 N–H and O–H groups in total. The molecule has 0 unspecified atom stereocenters. The van der Waals surface area contributed by atoms with Crippen molar-refractivity contribution in [3.05, 3.63) is 54.1 Å². The molecule has 0 aliphatic heterocycles. The van der Waals surface area contributed by atoms with Crippen molar-refractivity contribution < 1.29 is 0 Å². The van der Waals surface area contributed by atoms with Gasteiger partial charge in [0.15, 0.2) is 0 Å². The van der Waals surface area contributed by atoms with Crippen LogP contribution in [0.2, 0.25) is 0 Å². The molecule has 2 aromatic rings. The summed E-state index contributed by atoms with van der Waals surface area (Å²) < 4.78 is 0. The van der Waals surface area contributed by atoms with Crippen LogP contribution in [0.3, 0.4) is 0 Å². The Bertz CT molecular complexity index is 662. The van der Waals surface area contributed by atoms with Crippen molar-refractivity contribution in [3.63, 3.8) is 0 Å². The van der Waals surface area contributed by atoms with Gasteiger partial charge in [-0.15, -0.1) is 6.58 Å². The van der Waals surface area contributed by atoms with Crippen molar-refractivity contribution in [1.82, 2.24) is 9.97 Å². The second-order valence-corrected chi connectivity index (χ2v) is 5.63. The molecule has 116 valence electrons. The minimum atomic E-state index is 0.963. The van der Waals surface area contributed by atoms with Gasteiger partial charge in [0.25, 0.3) is 0 Å². The molecule has 2 heterocycles. The topological polar surface area (TPSA) is 29.0 Å². The quantitative estimate of drug-likeness (QED) is 0.736. The van der Waals surface area contributed by atoms with Crippen molar-refractivity contribution in [2.75, 3.05) is 18.0 Å². The maximum atomic E-state index is 4.61. The standard InChI is InChI=1S/C19H25N3/c1-6-8-9-22(7-2)19-11-17(13-21-16(19)5)18-10-14(3)12-20-15(18)4/h6,10-13H,1,7-9H2,2-5H3. The van der Waals surface area contributed by atoms with Crippen molar-refractivity contribution >= 4 is 5.69 Å². The van der Waals surface area contributed by atoms with Crippen LogP contribution >= 0.6 is 0 Å². The molecule has 0 amide bonds. The number of rotatable bonds is 6. The van der Waals surface area contributed by atoms with E-state index in [1.165, 1.54) is 11.3 Å². The summed E-state index contributed by atoms with van der Waals surface area (Å²) in [6.45, 7) is 14.1. The third-order valence-corrected chi connectivity index (χ3v) is 3.92. The van der Waals surface area contributed by atoms with Crippen LogP contribution < -0.4 is 4.90 Å². The van der Waals surface area contributed by atoms with Crippen LogP contribution in [0.15, 0.2) is 37.2 Å². The van der Waals surface area contributed by atoms with E-state index in [9.17, 15) is 0 Å². The lowest BCUT2D eigenvalue weighted by Gasteiger charge is -2.24. The molecule has 0 aromatic carbocycles. The van der Waals surface area contributed by atoms with E-state index < -0.39 is 0 Å². The second kappa shape index (κ2) is 7.21. The molecule has 2 rings (SSSR count). The number of pyridine rings is 2. The van der Waals surface area contributed by atoms with Gasteiger partial charge in [-0.1, -0.05) is 6.08 Å². The van der Waals surface area contributed by atoms with E-state index in [1.807, 2.05) is 25.4 Å². The van der Waals surface area contributed by atoms with Crippen LogP contribution in [0.25, 0.3) is 11.1 Å². The Hall–Kier alpha value is -2.16. The minimum absolute atomic E-state index is 0.963. The molecule has 0 saturated carbocycles. The van der Waals surface area contributed by atoms with Gasteiger partial charge in [0.05, 0.1) is 11.4 Å². The Morgan fingerprint density at radius 3 is 2.50 bits per heavy atom. The van der Waals surface area contributed by atoms with Crippen molar-refractivity contribution in [2.45, 2.75) is 34.1 Å². The first-order valence-electron chi connectivity index (χ1n) is 7.83. The van der Waals surface area contributed by atoms with Crippen LogP contribution in [-0.2, 0) is 0 Å². The Kier molecular flexibility index (Phi) is 5.31. The molecule has 0 spiro atoms. The van der Waals surface area contributed by atoms with E-state index in [0.29, 0.717) is 0 Å². The molecule has 0 saturated heterocycles. The molecule has 0 atom stereocenters. The Balaban J connectivity index is 2.45. The lowest BCUT2D eigenvalue weighted by Crippen LogP contribution is -2.24. The van der Waals surface area contributed by atoms with Crippen LogP contribution in [0.5, 0.6) is 0 Å². The fraction of sp³-hybridized carbons (Fsp3) is 0.368. The summed E-state index contributed by atoms with van der Waals surface area (Å²) in [7, 11) is 0. The molecular formula is C19H25N3. The maximum Gasteiger partial charge on any atom is 0.0606 e. The highest BCUT2D eigenvalue weighted by atomic mass is 15.1. The Morgan fingerprint density at radius 1 is 1.09 bits per heavy atom. The highest BCUT2D eigenvalue weighted by Gasteiger charge is 2.11. The summed E-state index contributed by atoms with van der Waals surface area (Å²) in [6, 6.07) is 4.41. The Morgan fingerprint density at radius 2 is 1.82 bits per heavy atom. The largest absolute Gasteiger partial charge is 0.370 e. The third-order valence-electron chi connectivity index (χ3n) is 3.92. The predicted octanol–water partition coefficient (Wildman–Crippen LogP) is 4.47. The average Bonchev–Trinajstić information content (AvgIpc) is 2.52. The average molecular weight is 295 g/mol. The molecule has 3 nitrogen and oxygen atoms in total. The molecule has 0 radical (unpaired) electrons. The zero-order valence-corrected chi connectivity index (χ0v) is 14.1. The fourth-order valence-electron chi connectivity index (χ4n) is 2.61. The van der Waals surface area contributed by atoms with Crippen LogP contribution in [0.4, 0.5) is 5.69 Å². The van der Waals surface area contributed by atoms with E-state index in [1.54, 1.807) is 0 Å². The molecule has 0 fully saturated rings. The number of hydrogen-bond acceptors (Lipinski definition) is 3. The maximum absolute atomic E-state index is 4.61. The Labute approximate surface area is 133 Å². The first-order valence-corrected chi connectivity index (χ1v) is 7.83. The minimum Gasteiger partial charge on any atom is -0.370 e. The first-order chi connectivity index (χ1) is 10.6. The number of aromatic nitrogens is 2. The number of aryl methyl sites for hydroxylation is 3. The molecule has 22 heavy (non-hydrogen) atoms. The number of hydrogen-bond donors (Lipinski definition) is 0. The molecule has 2 aromatic heterocycles. The van der Waals surface area contributed by atoms with Gasteiger partial charge in [0.2, 0.25) is 0 Å². The van der Waals surface area contributed by atoms with Gasteiger partial charge in [0.1, 0.15) is 0 Å². The highest BCUT2D eigenvalue weighted by Crippen LogP contribution is 2.28. The summed E-state index contributed by atoms with van der Waals surface area (Å²) in [6.07, 6.45) is 6.79. The number of nitrogens with zero attached hydrogens (tertiary/aromatic N) is 3. The van der Waals surface area contributed by atoms with Gasteiger partial charge in [-0.3, -0.25) is 9.97 Å². The summed E-state index contributed by atoms with van der Waals surface area (Å²) in [4.78, 5) is 11.4. The van der Waals surface area contributed by atoms with Crippen molar-refractivity contribution in [1.29, 1.82) is 0 Å². The predicted molar refractivity (Wildman–Crippen MR) is 94.4 cm³/mol. The summed E-state index contributed by atoms with van der Waals surface area (Å²) in [5.74, 6) is 0. The lowest BCUT2D eigenvalue weighted by molar-refractivity contribution is 0.815. The van der Waals surface area contributed by atoms with E-state index in [4.69, 9.17) is 0 Å². The normalized spacial score (nSPS) is 10.5. The zero-order valence-electron chi connectivity index (χ0n) is 14.1. The summed E-state index contributed by atoms with van der Waals surface area (Å²) in [5, 5.41) is 0. The van der Waals surface area contributed by atoms with E-state index in [-0.39, 0.29) is 0 Å². The fourth-order valence-corrected chi connectivity index (χ4v) is 2.61. The van der Waals surface area contributed by atoms with E-state index in [0.717, 1.165) is 42.0 Å². The second-order valence-electron chi connectivity index (χ2n) is 5.63. The van der Waals surface area contributed by atoms with Gasteiger partial charge >= 0.3 is 0 Å². The molecular weight excluding hydrogens is 270 g/mol. The third kappa shape index (κ3) is 3.53. The molecule has 3 heteroatoms. The van der Waals surface area contributed by atoms with Crippen molar-refractivity contribution in [3.8, 4) is 11.1 Å². The summed E-state index contributed by atoms with van der Waals surface area (Å²) in [5.41, 5.74) is 6.76. The van der Waals surface area contributed by atoms with Crippen molar-refractivity contribution in [2.24, 2.45) is 0 Å². The SMILES string of the molecule is C=CCCN(CC)c1cc(-c2cc(C)cnc2C)cnc1C. The number of anilines is 1. The van der Waals surface area contributed by atoms with Crippen LogP contribution in [-0.4, -0.2) is 23.1 Å². The first kappa shape index (κ1) is 16.2. The summed E-state index contributed by atoms with van der Waals surface area (Å²) >= 11 is 0. The van der Waals surface area contributed by atoms with Gasteiger partial charge < -0.3 is 4.90 Å². The van der Waals surface area contributed by atoms with Crippen LogP contribution in [0, 0.1) is 20.8 Å². The van der Waals surface area contributed by atoms with Crippen LogP contribution in [0.1, 0.15) is 30.3 Å². The molecule has 0 aliphatic rings. The van der Waals surface area contributed by atoms with Gasteiger partial charge in [0, 0.05) is 42.3 Å². The molecule has 0 aliphatic carbocycles. The molecule has 0 bridgehead atoms. The zero-order chi connectivity index (χ0) is 16.1. The lowest BCUT2D eigenvalue weighted by atomic mass is 10.0. The van der Waals surface area contributed by atoms with Gasteiger partial charge in [-0.25, -0.2) is 0 Å². The van der Waals surface area contributed by atoms with Gasteiger partial charge in [-0.05, 0) is 51.8 Å². The van der Waals surface area contributed by atoms with Gasteiger partial charge in [-0.2, -0.15) is 0 Å². The van der Waals surface area contributed by atoms with E-state index in [2.05, 4.69) is 54.4 Å². The smallest absolute Gasteiger partial charge is 0.0606 e. The highest BCUT2D eigenvalue weighted by molar-refractivity contribution is 5.70. The van der Waals surface area contributed by atoms with E-state index >= 15 is 0 Å².